The van der Waals surface area contributed by atoms with E-state index in [0.29, 0.717) is 24.7 Å². The standard InChI is InChI=1S/C12H18N2O5S2/c1-7-6-14(4-5-19-7)11-10(21(3,16)17)8(13)9(20-11)12(15)18-2/h7H,4-6,13H2,1-3H3. The lowest BCUT2D eigenvalue weighted by atomic mass is 10.3. The molecule has 2 heterocycles. The van der Waals surface area contributed by atoms with Crippen molar-refractivity contribution in [2.75, 3.05) is 43.7 Å². The number of hydrogen-bond donors (Lipinski definition) is 1. The highest BCUT2D eigenvalue weighted by Crippen LogP contribution is 2.42. The summed E-state index contributed by atoms with van der Waals surface area (Å²) >= 11 is 1.05. The van der Waals surface area contributed by atoms with Crippen LogP contribution in [0.2, 0.25) is 0 Å². The topological polar surface area (TPSA) is 98.9 Å². The minimum Gasteiger partial charge on any atom is -0.465 e. The third-order valence-corrected chi connectivity index (χ3v) is 5.68. The average Bonchev–Trinajstić information content (AvgIpc) is 2.75. The van der Waals surface area contributed by atoms with Crippen molar-refractivity contribution < 1.29 is 22.7 Å². The van der Waals surface area contributed by atoms with Crippen LogP contribution < -0.4 is 10.6 Å². The van der Waals surface area contributed by atoms with Gasteiger partial charge in [-0.05, 0) is 6.92 Å². The van der Waals surface area contributed by atoms with E-state index in [4.69, 9.17) is 10.5 Å². The predicted octanol–water partition coefficient (Wildman–Crippen LogP) is 0.746. The molecule has 1 aromatic heterocycles. The first kappa shape index (κ1) is 16.1. The molecule has 0 radical (unpaired) electrons. The van der Waals surface area contributed by atoms with E-state index in [1.165, 1.54) is 7.11 Å². The van der Waals surface area contributed by atoms with E-state index >= 15 is 0 Å². The van der Waals surface area contributed by atoms with Gasteiger partial charge in [-0.1, -0.05) is 0 Å². The zero-order valence-corrected chi connectivity index (χ0v) is 13.7. The first-order valence-electron chi connectivity index (χ1n) is 6.33. The van der Waals surface area contributed by atoms with Gasteiger partial charge in [0.1, 0.15) is 14.8 Å². The molecule has 2 N–H and O–H groups in total. The molecule has 0 spiro atoms. The number of thiophene rings is 1. The van der Waals surface area contributed by atoms with E-state index in [-0.39, 0.29) is 21.6 Å². The van der Waals surface area contributed by atoms with Crippen molar-refractivity contribution in [3.63, 3.8) is 0 Å². The zero-order chi connectivity index (χ0) is 15.8. The summed E-state index contributed by atoms with van der Waals surface area (Å²) in [6.07, 6.45) is 1.07. The summed E-state index contributed by atoms with van der Waals surface area (Å²) in [6, 6.07) is 0. The number of esters is 1. The second kappa shape index (κ2) is 5.82. The quantitative estimate of drug-likeness (QED) is 0.814. The molecule has 2 rings (SSSR count). The van der Waals surface area contributed by atoms with Gasteiger partial charge in [-0.15, -0.1) is 11.3 Å². The fourth-order valence-electron chi connectivity index (χ4n) is 2.23. The van der Waals surface area contributed by atoms with Crippen LogP contribution >= 0.6 is 11.3 Å². The molecule has 1 aliphatic heterocycles. The number of sulfone groups is 1. The normalized spacial score (nSPS) is 19.6. The molecule has 1 saturated heterocycles. The molecule has 0 amide bonds. The van der Waals surface area contributed by atoms with E-state index in [2.05, 4.69) is 4.74 Å². The number of nitrogen functional groups attached to an aromatic ring is 1. The van der Waals surface area contributed by atoms with Crippen molar-refractivity contribution in [1.82, 2.24) is 0 Å². The second-order valence-electron chi connectivity index (χ2n) is 4.87. The van der Waals surface area contributed by atoms with Gasteiger partial charge in [-0.2, -0.15) is 0 Å². The van der Waals surface area contributed by atoms with Crippen LogP contribution in [0.4, 0.5) is 10.7 Å². The molecule has 1 atom stereocenters. The fraction of sp³-hybridized carbons (Fsp3) is 0.583. The highest BCUT2D eigenvalue weighted by molar-refractivity contribution is 7.91. The molecule has 7 nitrogen and oxygen atoms in total. The van der Waals surface area contributed by atoms with Crippen LogP contribution in [0.1, 0.15) is 16.6 Å². The minimum atomic E-state index is -3.56. The van der Waals surface area contributed by atoms with Gasteiger partial charge < -0.3 is 20.1 Å². The van der Waals surface area contributed by atoms with Gasteiger partial charge in [0.2, 0.25) is 0 Å². The van der Waals surface area contributed by atoms with Crippen molar-refractivity contribution in [2.24, 2.45) is 0 Å². The summed E-state index contributed by atoms with van der Waals surface area (Å²) in [7, 11) is -2.32. The second-order valence-corrected chi connectivity index (χ2v) is 7.82. The first-order chi connectivity index (χ1) is 9.75. The number of hydrogen-bond acceptors (Lipinski definition) is 8. The third-order valence-electron chi connectivity index (χ3n) is 3.15. The lowest BCUT2D eigenvalue weighted by Crippen LogP contribution is -2.41. The summed E-state index contributed by atoms with van der Waals surface area (Å²) in [5.74, 6) is -0.630. The van der Waals surface area contributed by atoms with E-state index in [1.54, 1.807) is 0 Å². The van der Waals surface area contributed by atoms with Crippen molar-refractivity contribution >= 4 is 37.8 Å². The number of rotatable bonds is 3. The molecule has 0 aliphatic carbocycles. The summed E-state index contributed by atoms with van der Waals surface area (Å²) in [4.78, 5) is 13.8. The zero-order valence-electron chi connectivity index (χ0n) is 12.1. The number of carbonyl (C=O) groups excluding carboxylic acids is 1. The molecule has 21 heavy (non-hydrogen) atoms. The van der Waals surface area contributed by atoms with E-state index in [0.717, 1.165) is 17.6 Å². The maximum absolute atomic E-state index is 12.0. The largest absolute Gasteiger partial charge is 0.465 e. The van der Waals surface area contributed by atoms with Gasteiger partial charge in [0, 0.05) is 19.3 Å². The van der Waals surface area contributed by atoms with Crippen LogP contribution in [0, 0.1) is 0 Å². The van der Waals surface area contributed by atoms with Gasteiger partial charge in [0.25, 0.3) is 0 Å². The van der Waals surface area contributed by atoms with Crippen molar-refractivity contribution in [3.05, 3.63) is 4.88 Å². The molecule has 118 valence electrons. The molecule has 9 heteroatoms. The van der Waals surface area contributed by atoms with Crippen LogP contribution in [-0.4, -0.2) is 53.6 Å². The molecule has 1 aromatic rings. The van der Waals surface area contributed by atoms with E-state index in [1.807, 2.05) is 11.8 Å². The summed E-state index contributed by atoms with van der Waals surface area (Å²) in [6.45, 7) is 3.50. The molecular formula is C12H18N2O5S2. The maximum Gasteiger partial charge on any atom is 0.350 e. The van der Waals surface area contributed by atoms with Crippen molar-refractivity contribution in [1.29, 1.82) is 0 Å². The Kier molecular flexibility index (Phi) is 4.45. The van der Waals surface area contributed by atoms with Crippen LogP contribution in [0.25, 0.3) is 0 Å². The van der Waals surface area contributed by atoms with Gasteiger partial charge in [-0.3, -0.25) is 0 Å². The Balaban J connectivity index is 2.56. The number of morpholine rings is 1. The molecule has 0 bridgehead atoms. The molecule has 1 fully saturated rings. The third kappa shape index (κ3) is 3.14. The Morgan fingerprint density at radius 3 is 2.71 bits per heavy atom. The van der Waals surface area contributed by atoms with Gasteiger partial charge in [0.05, 0.1) is 25.5 Å². The number of anilines is 2. The van der Waals surface area contributed by atoms with Gasteiger partial charge in [-0.25, -0.2) is 13.2 Å². The smallest absolute Gasteiger partial charge is 0.350 e. The summed E-state index contributed by atoms with van der Waals surface area (Å²) in [5.41, 5.74) is 5.84. The molecule has 1 aliphatic rings. The van der Waals surface area contributed by atoms with Crippen LogP contribution in [0.3, 0.4) is 0 Å². The van der Waals surface area contributed by atoms with Gasteiger partial charge in [0.15, 0.2) is 9.84 Å². The minimum absolute atomic E-state index is 0.00185. The number of methoxy groups -OCH3 is 1. The average molecular weight is 334 g/mol. The Bertz CT molecular complexity index is 653. The number of nitrogens with zero attached hydrogens (tertiary/aromatic N) is 1. The summed E-state index contributed by atoms with van der Waals surface area (Å²) in [5, 5.41) is 0.477. The Morgan fingerprint density at radius 2 is 2.19 bits per heavy atom. The Morgan fingerprint density at radius 1 is 1.52 bits per heavy atom. The highest BCUT2D eigenvalue weighted by atomic mass is 32.2. The van der Waals surface area contributed by atoms with Crippen molar-refractivity contribution in [2.45, 2.75) is 17.9 Å². The lowest BCUT2D eigenvalue weighted by molar-refractivity contribution is 0.0533. The highest BCUT2D eigenvalue weighted by Gasteiger charge is 2.31. The molecular weight excluding hydrogens is 316 g/mol. The number of nitrogens with two attached hydrogens (primary N) is 1. The monoisotopic (exact) mass is 334 g/mol. The van der Waals surface area contributed by atoms with E-state index < -0.39 is 15.8 Å². The van der Waals surface area contributed by atoms with Crippen LogP contribution in [0.15, 0.2) is 4.90 Å². The Hall–Kier alpha value is -1.32. The van der Waals surface area contributed by atoms with Crippen LogP contribution in [-0.2, 0) is 19.3 Å². The predicted molar refractivity (Wildman–Crippen MR) is 80.8 cm³/mol. The SMILES string of the molecule is COC(=O)c1sc(N2CCOC(C)C2)c(S(C)(=O)=O)c1N. The summed E-state index contributed by atoms with van der Waals surface area (Å²) < 4.78 is 34.2. The number of carbonyl (C=O) groups is 1. The Labute approximate surface area is 127 Å². The molecule has 0 aromatic carbocycles. The van der Waals surface area contributed by atoms with Gasteiger partial charge >= 0.3 is 5.97 Å². The van der Waals surface area contributed by atoms with Crippen LogP contribution in [0.5, 0.6) is 0 Å². The van der Waals surface area contributed by atoms with E-state index in [9.17, 15) is 13.2 Å². The fourth-order valence-corrected chi connectivity index (χ4v) is 4.89. The molecule has 0 saturated carbocycles. The van der Waals surface area contributed by atoms with Crippen molar-refractivity contribution in [3.8, 4) is 0 Å². The number of ether oxygens (including phenoxy) is 2. The lowest BCUT2D eigenvalue weighted by Gasteiger charge is -2.32. The maximum atomic E-state index is 12.0. The molecule has 1 unspecified atom stereocenters. The first-order valence-corrected chi connectivity index (χ1v) is 9.03.